The van der Waals surface area contributed by atoms with Crippen molar-refractivity contribution in [3.05, 3.63) is 101 Å². The maximum atomic E-state index is 13.9. The van der Waals surface area contributed by atoms with Gasteiger partial charge in [0.05, 0.1) is 11.4 Å². The average Bonchev–Trinajstić information content (AvgIpc) is 3.52. The van der Waals surface area contributed by atoms with E-state index in [1.165, 1.54) is 12.1 Å². The second-order valence-electron chi connectivity index (χ2n) is 9.32. The van der Waals surface area contributed by atoms with Crippen LogP contribution in [0.25, 0.3) is 38.3 Å². The second-order valence-corrected chi connectivity index (χ2v) is 10.3. The summed E-state index contributed by atoms with van der Waals surface area (Å²) in [7, 11) is 0. The number of ether oxygens (including phenoxy) is 1. The molecule has 210 valence electrons. The lowest BCUT2D eigenvalue weighted by Gasteiger charge is -2.09. The molecule has 0 amide bonds. The van der Waals surface area contributed by atoms with E-state index in [-0.39, 0.29) is 21.9 Å². The standard InChI is InChI=1S/C30H19F3N4O4S/c1-16-7-9-17(10-8-16)21-15-22(18-5-3-2-4-6-18)35-28-23(21)24(34)27(42-28)26(38)25-29(39)41-36-37(25)19-11-13-20(14-12-19)40-30(31,32)33/h2-15H,1H3,(H2-,34,36,38,39)/p+1. The first-order valence-corrected chi connectivity index (χ1v) is 13.3. The number of nitrogen functional groups attached to an aromatic ring is 1. The minimum absolute atomic E-state index is 0.0837. The smallest absolute Gasteiger partial charge is 0.474 e. The Labute approximate surface area is 240 Å². The number of aromatic nitrogens is 3. The van der Waals surface area contributed by atoms with Gasteiger partial charge in [-0.15, -0.1) is 24.5 Å². The Morgan fingerprint density at radius 2 is 1.69 bits per heavy atom. The van der Waals surface area contributed by atoms with E-state index < -0.39 is 23.8 Å². The van der Waals surface area contributed by atoms with Crippen LogP contribution in [0.15, 0.2) is 89.5 Å². The van der Waals surface area contributed by atoms with Gasteiger partial charge in [-0.25, -0.2) is 4.98 Å². The third kappa shape index (κ3) is 5.03. The van der Waals surface area contributed by atoms with Crippen LogP contribution in [0.2, 0.25) is 0 Å². The van der Waals surface area contributed by atoms with Crippen LogP contribution in [0.5, 0.6) is 11.7 Å². The van der Waals surface area contributed by atoms with Crippen molar-refractivity contribution in [2.75, 3.05) is 5.73 Å². The number of hydrogen-bond acceptors (Lipinski definition) is 8. The van der Waals surface area contributed by atoms with Crippen LogP contribution in [-0.2, 0) is 0 Å². The molecule has 3 aromatic heterocycles. The molecular weight excluding hydrogens is 569 g/mol. The molecule has 0 aliphatic carbocycles. The van der Waals surface area contributed by atoms with Crippen LogP contribution in [0.4, 0.5) is 18.9 Å². The highest BCUT2D eigenvalue weighted by atomic mass is 32.1. The maximum Gasteiger partial charge on any atom is 0.573 e. The number of ketones is 1. The number of alkyl halides is 3. The Balaban J connectivity index is 1.48. The number of aromatic hydroxyl groups is 1. The van der Waals surface area contributed by atoms with Crippen molar-refractivity contribution in [1.29, 1.82) is 0 Å². The van der Waals surface area contributed by atoms with Crippen molar-refractivity contribution >= 4 is 33.0 Å². The van der Waals surface area contributed by atoms with Crippen LogP contribution in [0, 0.1) is 6.92 Å². The first kappa shape index (κ1) is 27.0. The topological polar surface area (TPSA) is 115 Å². The molecule has 0 saturated carbocycles. The summed E-state index contributed by atoms with van der Waals surface area (Å²) in [6, 6.07) is 23.9. The number of pyridine rings is 1. The van der Waals surface area contributed by atoms with Crippen LogP contribution >= 0.6 is 11.3 Å². The summed E-state index contributed by atoms with van der Waals surface area (Å²) in [4.78, 5) is 19.3. The van der Waals surface area contributed by atoms with E-state index in [4.69, 9.17) is 15.2 Å². The summed E-state index contributed by atoms with van der Waals surface area (Å²) >= 11 is 1.05. The van der Waals surface area contributed by atoms with Crippen molar-refractivity contribution in [1.82, 2.24) is 10.3 Å². The fourth-order valence-corrected chi connectivity index (χ4v) is 5.59. The zero-order valence-corrected chi connectivity index (χ0v) is 22.5. The summed E-state index contributed by atoms with van der Waals surface area (Å²) in [5.74, 6) is -1.96. The Kier molecular flexibility index (Phi) is 6.62. The van der Waals surface area contributed by atoms with Crippen LogP contribution in [0.3, 0.4) is 0 Å². The fraction of sp³-hybridized carbons (Fsp3) is 0.0667. The molecule has 0 atom stereocenters. The van der Waals surface area contributed by atoms with Crippen molar-refractivity contribution in [2.45, 2.75) is 13.3 Å². The number of rotatable bonds is 6. The molecule has 0 unspecified atom stereocenters. The molecule has 8 nitrogen and oxygen atoms in total. The number of anilines is 1. The number of fused-ring (bicyclic) bond motifs is 1. The molecule has 0 radical (unpaired) electrons. The largest absolute Gasteiger partial charge is 0.573 e. The number of carbonyl (C=O) groups is 1. The summed E-state index contributed by atoms with van der Waals surface area (Å²) in [6.07, 6.45) is -4.87. The van der Waals surface area contributed by atoms with E-state index in [0.717, 1.165) is 50.4 Å². The zero-order chi connectivity index (χ0) is 29.6. The van der Waals surface area contributed by atoms with Gasteiger partial charge in [-0.05, 0) is 36.2 Å². The molecule has 3 heterocycles. The molecule has 0 aliphatic rings. The monoisotopic (exact) mass is 589 g/mol. The van der Waals surface area contributed by atoms with Crippen LogP contribution in [0.1, 0.15) is 20.9 Å². The van der Waals surface area contributed by atoms with E-state index in [0.29, 0.717) is 15.9 Å². The van der Waals surface area contributed by atoms with Gasteiger partial charge in [0.25, 0.3) is 5.78 Å². The van der Waals surface area contributed by atoms with Gasteiger partial charge in [0, 0.05) is 27.8 Å². The molecule has 0 saturated heterocycles. The molecule has 12 heteroatoms. The van der Waals surface area contributed by atoms with Gasteiger partial charge in [0.1, 0.15) is 15.5 Å². The van der Waals surface area contributed by atoms with Crippen molar-refractivity contribution < 1.29 is 37.0 Å². The highest BCUT2D eigenvalue weighted by Crippen LogP contribution is 2.42. The lowest BCUT2D eigenvalue weighted by atomic mass is 9.98. The summed E-state index contributed by atoms with van der Waals surface area (Å²) in [5, 5.41) is 14.7. The third-order valence-corrected chi connectivity index (χ3v) is 7.59. The Bertz CT molecular complexity index is 1930. The molecular formula is C30H20F3N4O4S+. The Hall–Kier alpha value is -5.23. The minimum atomic E-state index is -4.87. The SMILES string of the molecule is Cc1ccc(-c2cc(-c3ccccc3)nc3sc(C(=O)c4c(O)on[n+]4-c4ccc(OC(F)(F)F)cc4)c(N)c23)cc1. The zero-order valence-electron chi connectivity index (χ0n) is 21.7. The predicted octanol–water partition coefficient (Wildman–Crippen LogP) is 6.62. The molecule has 6 aromatic rings. The van der Waals surface area contributed by atoms with Gasteiger partial charge in [0.15, 0.2) is 0 Å². The highest BCUT2D eigenvalue weighted by molar-refractivity contribution is 7.21. The van der Waals surface area contributed by atoms with Gasteiger partial charge in [0.2, 0.25) is 11.0 Å². The number of nitrogens with zero attached hydrogens (tertiary/aromatic N) is 3. The predicted molar refractivity (Wildman–Crippen MR) is 149 cm³/mol. The van der Waals surface area contributed by atoms with Crippen LogP contribution in [-0.4, -0.2) is 27.5 Å². The highest BCUT2D eigenvalue weighted by Gasteiger charge is 2.37. The van der Waals surface area contributed by atoms with E-state index in [1.807, 2.05) is 67.6 Å². The van der Waals surface area contributed by atoms with Crippen molar-refractivity contribution in [2.24, 2.45) is 0 Å². The van der Waals surface area contributed by atoms with E-state index in [2.05, 4.69) is 10.0 Å². The number of thiophene rings is 1. The van der Waals surface area contributed by atoms with Gasteiger partial charge >= 0.3 is 18.0 Å². The summed E-state index contributed by atoms with van der Waals surface area (Å²) in [5.41, 5.74) is 10.8. The van der Waals surface area contributed by atoms with Crippen LogP contribution < -0.4 is 15.2 Å². The van der Waals surface area contributed by atoms with Crippen molar-refractivity contribution in [3.8, 4) is 39.8 Å². The van der Waals surface area contributed by atoms with E-state index in [1.54, 1.807) is 0 Å². The Morgan fingerprint density at radius 3 is 2.36 bits per heavy atom. The first-order chi connectivity index (χ1) is 20.1. The molecule has 42 heavy (non-hydrogen) atoms. The number of nitrogens with two attached hydrogens (primary N) is 1. The minimum Gasteiger partial charge on any atom is -0.474 e. The maximum absolute atomic E-state index is 13.9. The average molecular weight is 590 g/mol. The molecule has 0 spiro atoms. The van der Waals surface area contributed by atoms with E-state index in [9.17, 15) is 23.1 Å². The number of benzene rings is 3. The lowest BCUT2D eigenvalue weighted by molar-refractivity contribution is -0.672. The molecule has 0 bridgehead atoms. The normalized spacial score (nSPS) is 11.6. The number of carbonyl (C=O) groups excluding carboxylic acids is 1. The lowest BCUT2D eigenvalue weighted by Crippen LogP contribution is -2.38. The number of hydrogen-bond donors (Lipinski definition) is 2. The molecule has 6 rings (SSSR count). The summed E-state index contributed by atoms with van der Waals surface area (Å²) in [6.45, 7) is 1.98. The number of aryl methyl sites for hydroxylation is 1. The van der Waals surface area contributed by atoms with Gasteiger partial charge in [-0.3, -0.25) is 9.32 Å². The number of halogens is 3. The second kappa shape index (κ2) is 10.3. The Morgan fingerprint density at radius 1 is 1.00 bits per heavy atom. The first-order valence-electron chi connectivity index (χ1n) is 12.5. The summed E-state index contributed by atoms with van der Waals surface area (Å²) < 4.78 is 47.5. The third-order valence-electron chi connectivity index (χ3n) is 6.49. The quantitative estimate of drug-likeness (QED) is 0.166. The molecule has 3 N–H and O–H groups in total. The van der Waals surface area contributed by atoms with E-state index >= 15 is 0 Å². The molecule has 0 fully saturated rings. The molecule has 3 aromatic carbocycles. The molecule has 0 aliphatic heterocycles. The van der Waals surface area contributed by atoms with Gasteiger partial charge in [-0.1, -0.05) is 60.2 Å². The fourth-order valence-electron chi connectivity index (χ4n) is 4.53. The van der Waals surface area contributed by atoms with Crippen molar-refractivity contribution in [3.63, 3.8) is 0 Å². The van der Waals surface area contributed by atoms with Gasteiger partial charge in [-0.2, -0.15) is 0 Å². The van der Waals surface area contributed by atoms with Gasteiger partial charge < -0.3 is 15.6 Å².